The van der Waals surface area contributed by atoms with Crippen LogP contribution in [0.1, 0.15) is 92.2 Å². The van der Waals surface area contributed by atoms with E-state index in [2.05, 4.69) is 39.2 Å². The van der Waals surface area contributed by atoms with Crippen molar-refractivity contribution in [3.8, 4) is 0 Å². The van der Waals surface area contributed by atoms with Crippen LogP contribution in [0.5, 0.6) is 0 Å². The Hall–Kier alpha value is -3.50. The molecule has 3 fully saturated rings. The Balaban J connectivity index is 1.72. The molecule has 10 nitrogen and oxygen atoms in total. The first-order chi connectivity index (χ1) is 23.0. The fourth-order valence-corrected chi connectivity index (χ4v) is 8.56. The van der Waals surface area contributed by atoms with Gasteiger partial charge in [-0.3, -0.25) is 19.2 Å². The predicted octanol–water partition coefficient (Wildman–Crippen LogP) is 4.97. The molecule has 0 saturated carbocycles. The molecule has 1 aromatic rings. The number of amides is 3. The molecule has 49 heavy (non-hydrogen) atoms. The molecule has 2 N–H and O–H groups in total. The maximum Gasteiger partial charge on any atom is 0.313 e. The number of carbonyl (C=O) groups excluding carboxylic acids is 4. The van der Waals surface area contributed by atoms with Crippen LogP contribution in [0.25, 0.3) is 0 Å². The molecule has 3 amide bonds. The van der Waals surface area contributed by atoms with Crippen LogP contribution in [0.15, 0.2) is 55.6 Å². The number of aliphatic hydroxyl groups is 1. The van der Waals surface area contributed by atoms with Crippen LogP contribution in [-0.4, -0.2) is 87.6 Å². The van der Waals surface area contributed by atoms with Crippen LogP contribution in [0, 0.1) is 23.2 Å². The van der Waals surface area contributed by atoms with Gasteiger partial charge in [-0.1, -0.05) is 77.1 Å². The molecule has 7 atom stereocenters. The standard InChI is InChI=1S/C39H57N3O7/c1-10-12-18-30(44)40-22-29(26-16-14-13-15-17-26)48-36(47)31-28-19-20-39(49-28)32(31)34(45)42(27(23-43)25(3)4)33(39)35(46)41(21-11-2)38(8,9)24-37(5,6)7/h10-11,13-17,25,27-29,31-33,43H,1-2,12,18-24H2,3-9H3,(H,40,44)/t27-,28+,29-,31-,32-,33+,39-/m0/s1. The highest BCUT2D eigenvalue weighted by molar-refractivity contribution is 5.98. The summed E-state index contributed by atoms with van der Waals surface area (Å²) >= 11 is 0. The van der Waals surface area contributed by atoms with E-state index in [1.54, 1.807) is 17.1 Å². The molecule has 0 radical (unpaired) electrons. The molecule has 10 heteroatoms. The van der Waals surface area contributed by atoms with Crippen molar-refractivity contribution in [2.45, 2.75) is 116 Å². The van der Waals surface area contributed by atoms with E-state index in [0.29, 0.717) is 31.2 Å². The van der Waals surface area contributed by atoms with Gasteiger partial charge in [-0.25, -0.2) is 0 Å². The van der Waals surface area contributed by atoms with E-state index in [4.69, 9.17) is 9.47 Å². The van der Waals surface area contributed by atoms with Crippen molar-refractivity contribution >= 4 is 23.7 Å². The van der Waals surface area contributed by atoms with Gasteiger partial charge in [0.15, 0.2) is 0 Å². The molecule has 1 spiro atoms. The normalized spacial score (nSPS) is 25.9. The molecular weight excluding hydrogens is 622 g/mol. The molecule has 3 aliphatic rings. The number of ether oxygens (including phenoxy) is 2. The summed E-state index contributed by atoms with van der Waals surface area (Å²) in [5.41, 5.74) is -1.26. The van der Waals surface area contributed by atoms with Crippen molar-refractivity contribution < 1.29 is 33.8 Å². The van der Waals surface area contributed by atoms with Crippen LogP contribution in [0.2, 0.25) is 0 Å². The lowest BCUT2D eigenvalue weighted by Crippen LogP contribution is -2.63. The zero-order valence-electron chi connectivity index (χ0n) is 30.4. The smallest absolute Gasteiger partial charge is 0.313 e. The fraction of sp³-hybridized carbons (Fsp3) is 0.641. The second-order valence-corrected chi connectivity index (χ2v) is 16.1. The van der Waals surface area contributed by atoms with E-state index in [-0.39, 0.29) is 55.2 Å². The van der Waals surface area contributed by atoms with Gasteiger partial charge in [-0.05, 0) is 56.4 Å². The Morgan fingerprint density at radius 1 is 1.14 bits per heavy atom. The summed E-state index contributed by atoms with van der Waals surface area (Å²) in [5.74, 6) is -3.54. The number of aliphatic hydroxyl groups excluding tert-OH is 1. The fourth-order valence-electron chi connectivity index (χ4n) is 8.56. The van der Waals surface area contributed by atoms with Gasteiger partial charge in [0, 0.05) is 18.5 Å². The lowest BCUT2D eigenvalue weighted by Gasteiger charge is -2.46. The SMILES string of the molecule is C=CCCC(=O)NC[C@H](OC(=O)[C@@H]1[C@H]2C(=O)N([C@@H](CO)C(C)C)[C@H](C(=O)N(CC=C)C(C)(C)CC(C)(C)C)[C@]23CC[C@H]1O3)c1ccccc1. The number of hydrogen-bond acceptors (Lipinski definition) is 7. The van der Waals surface area contributed by atoms with Crippen molar-refractivity contribution in [2.75, 3.05) is 19.7 Å². The lowest BCUT2D eigenvalue weighted by molar-refractivity contribution is -0.162. The number of fused-ring (bicyclic) bond motifs is 1. The molecule has 0 aromatic heterocycles. The number of esters is 1. The van der Waals surface area contributed by atoms with Gasteiger partial charge >= 0.3 is 5.97 Å². The zero-order valence-corrected chi connectivity index (χ0v) is 30.4. The summed E-state index contributed by atoms with van der Waals surface area (Å²) in [6.45, 7) is 21.8. The molecule has 2 bridgehead atoms. The predicted molar refractivity (Wildman–Crippen MR) is 188 cm³/mol. The minimum atomic E-state index is -1.26. The molecule has 3 saturated heterocycles. The van der Waals surface area contributed by atoms with Crippen molar-refractivity contribution in [3.63, 3.8) is 0 Å². The van der Waals surface area contributed by atoms with E-state index in [0.717, 1.165) is 0 Å². The van der Waals surface area contributed by atoms with Crippen LogP contribution in [0.4, 0.5) is 0 Å². The van der Waals surface area contributed by atoms with Gasteiger partial charge in [0.1, 0.15) is 17.7 Å². The highest BCUT2D eigenvalue weighted by atomic mass is 16.6. The number of carbonyl (C=O) groups is 4. The van der Waals surface area contributed by atoms with Gasteiger partial charge in [-0.15, -0.1) is 13.2 Å². The minimum Gasteiger partial charge on any atom is -0.455 e. The van der Waals surface area contributed by atoms with Crippen LogP contribution < -0.4 is 5.32 Å². The Bertz CT molecular complexity index is 1390. The third-order valence-electron chi connectivity index (χ3n) is 10.3. The number of likely N-dealkylation sites (tertiary alicyclic amines) is 1. The van der Waals surface area contributed by atoms with Crippen molar-refractivity contribution in [1.29, 1.82) is 0 Å². The summed E-state index contributed by atoms with van der Waals surface area (Å²) in [7, 11) is 0. The number of rotatable bonds is 16. The Labute approximate surface area is 292 Å². The lowest BCUT2D eigenvalue weighted by atomic mass is 9.70. The summed E-state index contributed by atoms with van der Waals surface area (Å²) in [6.07, 6.45) is 4.32. The zero-order chi connectivity index (χ0) is 36.3. The number of allylic oxidation sites excluding steroid dienone is 1. The summed E-state index contributed by atoms with van der Waals surface area (Å²) in [6, 6.07) is 7.46. The molecule has 270 valence electrons. The van der Waals surface area contributed by atoms with Crippen molar-refractivity contribution in [2.24, 2.45) is 23.2 Å². The van der Waals surface area contributed by atoms with Crippen LogP contribution in [-0.2, 0) is 28.7 Å². The monoisotopic (exact) mass is 679 g/mol. The van der Waals surface area contributed by atoms with Crippen molar-refractivity contribution in [3.05, 3.63) is 61.2 Å². The topological polar surface area (TPSA) is 125 Å². The van der Waals surface area contributed by atoms with Gasteiger partial charge in [0.05, 0.1) is 37.1 Å². The number of benzene rings is 1. The molecule has 0 unspecified atom stereocenters. The Kier molecular flexibility index (Phi) is 11.9. The van der Waals surface area contributed by atoms with Crippen LogP contribution in [0.3, 0.4) is 0 Å². The number of hydrogen-bond donors (Lipinski definition) is 2. The third-order valence-corrected chi connectivity index (χ3v) is 10.3. The second-order valence-electron chi connectivity index (χ2n) is 16.1. The molecular formula is C39H57N3O7. The first kappa shape index (κ1) is 38.3. The van der Waals surface area contributed by atoms with Gasteiger partial charge in [0.2, 0.25) is 17.7 Å². The van der Waals surface area contributed by atoms with Crippen LogP contribution >= 0.6 is 0 Å². The highest BCUT2D eigenvalue weighted by Crippen LogP contribution is 2.60. The minimum absolute atomic E-state index is 0.0558. The van der Waals surface area contributed by atoms with E-state index in [1.165, 1.54) is 4.90 Å². The maximum absolute atomic E-state index is 15.0. The molecule has 1 aromatic carbocycles. The van der Waals surface area contributed by atoms with Crippen molar-refractivity contribution in [1.82, 2.24) is 15.1 Å². The quantitative estimate of drug-likeness (QED) is 0.187. The van der Waals surface area contributed by atoms with E-state index < -0.39 is 53.2 Å². The summed E-state index contributed by atoms with van der Waals surface area (Å²) < 4.78 is 12.9. The first-order valence-corrected chi connectivity index (χ1v) is 17.7. The average Bonchev–Trinajstić information content (AvgIpc) is 3.67. The molecule has 3 aliphatic heterocycles. The Morgan fingerprint density at radius 2 is 1.82 bits per heavy atom. The molecule has 0 aliphatic carbocycles. The number of nitrogens with zero attached hydrogens (tertiary/aromatic N) is 2. The first-order valence-electron chi connectivity index (χ1n) is 17.7. The van der Waals surface area contributed by atoms with Gasteiger partial charge in [0.25, 0.3) is 0 Å². The highest BCUT2D eigenvalue weighted by Gasteiger charge is 2.76. The average molecular weight is 680 g/mol. The van der Waals surface area contributed by atoms with E-state index >= 15 is 4.79 Å². The molecule has 4 rings (SSSR count). The second kappa shape index (κ2) is 15.2. The number of nitrogens with one attached hydrogen (secondary N) is 1. The van der Waals surface area contributed by atoms with E-state index in [9.17, 15) is 19.5 Å². The third kappa shape index (κ3) is 7.80. The molecule has 3 heterocycles. The largest absolute Gasteiger partial charge is 0.455 e. The Morgan fingerprint density at radius 3 is 2.39 bits per heavy atom. The van der Waals surface area contributed by atoms with E-state index in [1.807, 2.05) is 58.0 Å². The summed E-state index contributed by atoms with van der Waals surface area (Å²) in [5, 5.41) is 13.5. The van der Waals surface area contributed by atoms with Gasteiger partial charge < -0.3 is 29.7 Å². The van der Waals surface area contributed by atoms with Gasteiger partial charge in [-0.2, -0.15) is 0 Å². The maximum atomic E-state index is 15.0. The summed E-state index contributed by atoms with van der Waals surface area (Å²) in [4.78, 5) is 59.8.